The summed E-state index contributed by atoms with van der Waals surface area (Å²) < 4.78 is 11.1. The molecular formula is C24H32N2O4. The molecule has 162 valence electrons. The third kappa shape index (κ3) is 7.10. The van der Waals surface area contributed by atoms with E-state index in [9.17, 15) is 9.59 Å². The first kappa shape index (κ1) is 23.3. The van der Waals surface area contributed by atoms with Gasteiger partial charge in [0.05, 0.1) is 6.61 Å². The smallest absolute Gasteiger partial charge is 0.276 e. The van der Waals surface area contributed by atoms with Gasteiger partial charge in [0.1, 0.15) is 11.5 Å². The number of hydrogen-bond donors (Lipinski definition) is 2. The van der Waals surface area contributed by atoms with E-state index in [1.165, 1.54) is 5.56 Å². The molecule has 0 atom stereocenters. The molecule has 0 heterocycles. The molecule has 0 saturated carbocycles. The number of benzene rings is 2. The largest absolute Gasteiger partial charge is 0.493 e. The van der Waals surface area contributed by atoms with Crippen molar-refractivity contribution in [2.75, 3.05) is 13.2 Å². The monoisotopic (exact) mass is 412 g/mol. The third-order valence-electron chi connectivity index (χ3n) is 4.90. The van der Waals surface area contributed by atoms with Crippen molar-refractivity contribution in [2.24, 2.45) is 5.92 Å². The number of ether oxygens (including phenoxy) is 2. The Balaban J connectivity index is 1.77. The Bertz CT molecular complexity index is 827. The Labute approximate surface area is 178 Å². The Morgan fingerprint density at radius 1 is 0.900 bits per heavy atom. The van der Waals surface area contributed by atoms with E-state index in [1.807, 2.05) is 24.3 Å². The predicted octanol–water partition coefficient (Wildman–Crippen LogP) is 4.25. The van der Waals surface area contributed by atoms with Crippen molar-refractivity contribution in [3.05, 3.63) is 59.7 Å². The summed E-state index contributed by atoms with van der Waals surface area (Å²) in [6, 6.07) is 14.5. The number of hydrogen-bond acceptors (Lipinski definition) is 4. The normalized spacial score (nSPS) is 11.1. The summed E-state index contributed by atoms with van der Waals surface area (Å²) in [5.41, 5.74) is 6.47. The molecule has 0 spiro atoms. The fraction of sp³-hybridized carbons (Fsp3) is 0.417. The van der Waals surface area contributed by atoms with E-state index in [2.05, 4.69) is 45.5 Å². The lowest BCUT2D eigenvalue weighted by atomic mass is 9.82. The van der Waals surface area contributed by atoms with E-state index in [0.29, 0.717) is 29.6 Å². The Morgan fingerprint density at radius 2 is 1.47 bits per heavy atom. The summed E-state index contributed by atoms with van der Waals surface area (Å²) in [6.07, 6.45) is 1.03. The van der Waals surface area contributed by atoms with Crippen molar-refractivity contribution in [3.8, 4) is 11.5 Å². The number of hydrazine groups is 1. The third-order valence-corrected chi connectivity index (χ3v) is 4.90. The van der Waals surface area contributed by atoms with E-state index in [-0.39, 0.29) is 12.0 Å². The summed E-state index contributed by atoms with van der Waals surface area (Å²) >= 11 is 0. The van der Waals surface area contributed by atoms with Crippen LogP contribution in [0, 0.1) is 5.92 Å². The molecule has 0 bridgehead atoms. The summed E-state index contributed by atoms with van der Waals surface area (Å²) in [4.78, 5) is 24.1. The molecule has 2 N–H and O–H groups in total. The van der Waals surface area contributed by atoms with Gasteiger partial charge < -0.3 is 9.47 Å². The second kappa shape index (κ2) is 10.7. The molecule has 2 aromatic carbocycles. The van der Waals surface area contributed by atoms with Gasteiger partial charge in [0.2, 0.25) is 0 Å². The lowest BCUT2D eigenvalue weighted by Crippen LogP contribution is -2.43. The van der Waals surface area contributed by atoms with Crippen LogP contribution in [0.2, 0.25) is 0 Å². The lowest BCUT2D eigenvalue weighted by molar-refractivity contribution is -0.123. The molecule has 0 aliphatic heterocycles. The topological polar surface area (TPSA) is 76.7 Å². The standard InChI is InChI=1S/C24H32N2O4/c1-6-24(4,5)19-9-13-21(14-10-19)30-16-22(27)25-26-23(28)18-7-11-20(12-8-18)29-15-17(2)3/h7-14,17H,6,15-16H2,1-5H3,(H,25,27)(H,26,28). The van der Waals surface area contributed by atoms with Crippen molar-refractivity contribution < 1.29 is 19.1 Å². The van der Waals surface area contributed by atoms with Crippen LogP contribution in [0.25, 0.3) is 0 Å². The zero-order chi connectivity index (χ0) is 22.1. The van der Waals surface area contributed by atoms with Crippen molar-refractivity contribution in [1.82, 2.24) is 10.9 Å². The maximum Gasteiger partial charge on any atom is 0.276 e. The summed E-state index contributed by atoms with van der Waals surface area (Å²) in [7, 11) is 0. The number of amides is 2. The second-order valence-electron chi connectivity index (χ2n) is 8.28. The molecule has 2 aromatic rings. The van der Waals surface area contributed by atoms with E-state index < -0.39 is 11.8 Å². The molecule has 30 heavy (non-hydrogen) atoms. The lowest BCUT2D eigenvalue weighted by Gasteiger charge is -2.23. The SMILES string of the molecule is CCC(C)(C)c1ccc(OCC(=O)NNC(=O)c2ccc(OCC(C)C)cc2)cc1. The van der Waals surface area contributed by atoms with Gasteiger partial charge in [-0.2, -0.15) is 0 Å². The van der Waals surface area contributed by atoms with E-state index in [4.69, 9.17) is 9.47 Å². The summed E-state index contributed by atoms with van der Waals surface area (Å²) in [6.45, 7) is 11.1. The number of carbonyl (C=O) groups excluding carboxylic acids is 2. The van der Waals surface area contributed by atoms with Crippen LogP contribution in [0.1, 0.15) is 57.0 Å². The second-order valence-corrected chi connectivity index (χ2v) is 8.28. The van der Waals surface area contributed by atoms with Crippen LogP contribution in [-0.2, 0) is 10.2 Å². The molecule has 6 nitrogen and oxygen atoms in total. The Morgan fingerprint density at radius 3 is 2.03 bits per heavy atom. The van der Waals surface area contributed by atoms with Crippen molar-refractivity contribution in [3.63, 3.8) is 0 Å². The molecule has 0 radical (unpaired) electrons. The van der Waals surface area contributed by atoms with Gasteiger partial charge in [0.15, 0.2) is 6.61 Å². The van der Waals surface area contributed by atoms with Crippen LogP contribution < -0.4 is 20.3 Å². The zero-order valence-electron chi connectivity index (χ0n) is 18.5. The summed E-state index contributed by atoms with van der Waals surface area (Å²) in [5.74, 6) is 0.866. The van der Waals surface area contributed by atoms with Crippen molar-refractivity contribution >= 4 is 11.8 Å². The Kier molecular flexibility index (Phi) is 8.27. The molecular weight excluding hydrogens is 380 g/mol. The number of rotatable bonds is 9. The van der Waals surface area contributed by atoms with Crippen LogP contribution in [0.3, 0.4) is 0 Å². The molecule has 0 fully saturated rings. The highest BCUT2D eigenvalue weighted by Crippen LogP contribution is 2.28. The van der Waals surface area contributed by atoms with Gasteiger partial charge in [0.25, 0.3) is 11.8 Å². The van der Waals surface area contributed by atoms with Crippen molar-refractivity contribution in [1.29, 1.82) is 0 Å². The average Bonchev–Trinajstić information content (AvgIpc) is 2.75. The van der Waals surface area contributed by atoms with Gasteiger partial charge in [-0.1, -0.05) is 46.8 Å². The van der Waals surface area contributed by atoms with Crippen LogP contribution >= 0.6 is 0 Å². The molecule has 0 aliphatic carbocycles. The van der Waals surface area contributed by atoms with Gasteiger partial charge in [0, 0.05) is 5.56 Å². The van der Waals surface area contributed by atoms with Gasteiger partial charge >= 0.3 is 0 Å². The van der Waals surface area contributed by atoms with Crippen LogP contribution in [0.5, 0.6) is 11.5 Å². The first-order valence-electron chi connectivity index (χ1n) is 10.3. The predicted molar refractivity (Wildman–Crippen MR) is 118 cm³/mol. The maximum absolute atomic E-state index is 12.2. The van der Waals surface area contributed by atoms with Crippen molar-refractivity contribution in [2.45, 2.75) is 46.5 Å². The zero-order valence-corrected chi connectivity index (χ0v) is 18.5. The average molecular weight is 413 g/mol. The van der Waals surface area contributed by atoms with Gasteiger partial charge in [-0.05, 0) is 59.7 Å². The van der Waals surface area contributed by atoms with Crippen LogP contribution in [0.4, 0.5) is 0 Å². The van der Waals surface area contributed by atoms with Crippen LogP contribution in [-0.4, -0.2) is 25.0 Å². The first-order valence-corrected chi connectivity index (χ1v) is 10.3. The minimum atomic E-state index is -0.446. The van der Waals surface area contributed by atoms with E-state index in [0.717, 1.165) is 6.42 Å². The van der Waals surface area contributed by atoms with Crippen LogP contribution in [0.15, 0.2) is 48.5 Å². The fourth-order valence-corrected chi connectivity index (χ4v) is 2.56. The maximum atomic E-state index is 12.2. The molecule has 0 unspecified atom stereocenters. The number of nitrogens with one attached hydrogen (secondary N) is 2. The first-order chi connectivity index (χ1) is 14.2. The molecule has 0 aliphatic rings. The summed E-state index contributed by atoms with van der Waals surface area (Å²) in [5, 5.41) is 0. The quantitative estimate of drug-likeness (QED) is 0.604. The fourth-order valence-electron chi connectivity index (χ4n) is 2.56. The minimum Gasteiger partial charge on any atom is -0.493 e. The molecule has 0 aromatic heterocycles. The molecule has 6 heteroatoms. The van der Waals surface area contributed by atoms with Gasteiger partial charge in [-0.3, -0.25) is 20.4 Å². The highest BCUT2D eigenvalue weighted by Gasteiger charge is 2.17. The van der Waals surface area contributed by atoms with Gasteiger partial charge in [-0.15, -0.1) is 0 Å². The van der Waals surface area contributed by atoms with E-state index in [1.54, 1.807) is 24.3 Å². The van der Waals surface area contributed by atoms with E-state index >= 15 is 0 Å². The molecule has 0 saturated heterocycles. The highest BCUT2D eigenvalue weighted by molar-refractivity contribution is 5.95. The minimum absolute atomic E-state index is 0.0962. The number of carbonyl (C=O) groups is 2. The Hall–Kier alpha value is -3.02. The molecule has 2 rings (SSSR count). The molecule has 2 amide bonds. The van der Waals surface area contributed by atoms with Gasteiger partial charge in [-0.25, -0.2) is 0 Å². The highest BCUT2D eigenvalue weighted by atomic mass is 16.5.